The lowest BCUT2D eigenvalue weighted by molar-refractivity contribution is 0.0687. The molecule has 1 rings (SSSR count). The molecule has 22 heavy (non-hydrogen) atoms. The minimum Gasteiger partial charge on any atom is -0.478 e. The molecule has 1 aromatic carbocycles. The van der Waals surface area contributed by atoms with E-state index < -0.39 is 24.0 Å². The summed E-state index contributed by atoms with van der Waals surface area (Å²) < 4.78 is 1.57. The lowest BCUT2D eigenvalue weighted by atomic mass is 10.0. The number of carbonyl (C=O) groups excluding carboxylic acids is 1. The first-order valence-corrected chi connectivity index (χ1v) is 9.38. The van der Waals surface area contributed by atoms with Crippen molar-refractivity contribution in [2.24, 2.45) is 0 Å². The van der Waals surface area contributed by atoms with Gasteiger partial charge in [-0.25, -0.2) is 4.79 Å². The number of aromatic carboxylic acids is 1. The van der Waals surface area contributed by atoms with Crippen molar-refractivity contribution < 1.29 is 19.8 Å². The van der Waals surface area contributed by atoms with Crippen molar-refractivity contribution in [3.8, 4) is 0 Å². The maximum Gasteiger partial charge on any atom is 0.337 e. The highest BCUT2D eigenvalue weighted by atomic mass is 79.9. The zero-order chi connectivity index (χ0) is 17.2. The molecule has 2 atom stereocenters. The Morgan fingerprint density at radius 1 is 1.05 bits per heavy atom. The maximum atomic E-state index is 12.5. The summed E-state index contributed by atoms with van der Waals surface area (Å²) in [6.45, 7) is 3.38. The summed E-state index contributed by atoms with van der Waals surface area (Å²) >= 11 is 13.0. The molecule has 0 bridgehead atoms. The molecule has 1 unspecified atom stereocenters. The molecule has 0 saturated carbocycles. The first-order valence-electron chi connectivity index (χ1n) is 6.21. The number of hydrogen-bond acceptors (Lipinski definition) is 3. The van der Waals surface area contributed by atoms with Crippen LogP contribution in [0.25, 0.3) is 0 Å². The van der Waals surface area contributed by atoms with E-state index in [0.717, 1.165) is 0 Å². The van der Waals surface area contributed by atoms with Crippen molar-refractivity contribution in [1.82, 2.24) is 5.32 Å². The average Bonchev–Trinajstić information content (AvgIpc) is 2.44. The van der Waals surface area contributed by atoms with Crippen LogP contribution in [0.5, 0.6) is 0 Å². The van der Waals surface area contributed by atoms with Gasteiger partial charge in [-0.2, -0.15) is 0 Å². The van der Waals surface area contributed by atoms with Crippen molar-refractivity contribution in [2.45, 2.75) is 32.4 Å². The van der Waals surface area contributed by atoms with E-state index in [-0.39, 0.29) is 15.6 Å². The second-order valence-corrected chi connectivity index (χ2v) is 7.71. The summed E-state index contributed by atoms with van der Waals surface area (Å²) in [4.78, 5) is 24.0. The first kappa shape index (κ1) is 20.1. The van der Waals surface area contributed by atoms with Gasteiger partial charge in [0.1, 0.15) is 0 Å². The summed E-state index contributed by atoms with van der Waals surface area (Å²) in [6.07, 6.45) is -0.231. The number of aliphatic hydroxyl groups is 1. The van der Waals surface area contributed by atoms with Crippen LogP contribution in [0.3, 0.4) is 0 Å². The molecule has 0 aliphatic rings. The molecule has 0 spiro atoms. The number of aliphatic hydroxyl groups excluding tert-OH is 1. The van der Waals surface area contributed by atoms with Crippen LogP contribution >= 0.6 is 63.7 Å². The molecule has 5 nitrogen and oxygen atoms in total. The van der Waals surface area contributed by atoms with Crippen LogP contribution in [0.1, 0.15) is 41.0 Å². The van der Waals surface area contributed by atoms with E-state index in [1.807, 2.05) is 6.92 Å². The fourth-order valence-corrected chi connectivity index (χ4v) is 4.32. The summed E-state index contributed by atoms with van der Waals surface area (Å²) in [5, 5.41) is 21.7. The molecule has 1 aromatic rings. The third-order valence-corrected chi connectivity index (χ3v) is 7.81. The fourth-order valence-electron chi connectivity index (χ4n) is 1.85. The number of hydrogen-bond donors (Lipinski definition) is 3. The molecular weight excluding hydrogens is 554 g/mol. The van der Waals surface area contributed by atoms with Crippen molar-refractivity contribution in [1.29, 1.82) is 0 Å². The molecule has 0 saturated heterocycles. The van der Waals surface area contributed by atoms with Gasteiger partial charge in [0.05, 0.1) is 23.3 Å². The Kier molecular flexibility index (Phi) is 7.51. The van der Waals surface area contributed by atoms with Crippen LogP contribution in [-0.2, 0) is 0 Å². The quantitative estimate of drug-likeness (QED) is 0.366. The van der Waals surface area contributed by atoms with Crippen molar-refractivity contribution in [3.63, 3.8) is 0 Å². The fraction of sp³-hybridized carbons (Fsp3) is 0.385. The van der Waals surface area contributed by atoms with Gasteiger partial charge < -0.3 is 15.5 Å². The predicted molar refractivity (Wildman–Crippen MR) is 97.4 cm³/mol. The van der Waals surface area contributed by atoms with Gasteiger partial charge in [-0.05, 0) is 77.1 Å². The molecule has 0 fully saturated rings. The molecule has 0 aromatic heterocycles. The van der Waals surface area contributed by atoms with Crippen molar-refractivity contribution >= 4 is 75.6 Å². The largest absolute Gasteiger partial charge is 0.478 e. The Morgan fingerprint density at radius 3 is 1.86 bits per heavy atom. The Bertz CT molecular complexity index is 619. The van der Waals surface area contributed by atoms with Gasteiger partial charge in [0.15, 0.2) is 0 Å². The third kappa shape index (κ3) is 4.11. The van der Waals surface area contributed by atoms with Gasteiger partial charge in [-0.15, -0.1) is 0 Å². The van der Waals surface area contributed by atoms with Crippen LogP contribution in [0, 0.1) is 0 Å². The standard InChI is InChI=1S/C13H13Br4NO4/c1-3-5(4(2)19)18-12(20)6-7(13(21)22)9(15)11(17)10(16)8(6)14/h4-5,19H,3H2,1-2H3,(H,18,20)(H,21,22)/t4-,5?/m1/s1. The Hall–Kier alpha value is 0.0400. The number of halogens is 4. The molecule has 122 valence electrons. The zero-order valence-electron chi connectivity index (χ0n) is 11.6. The molecule has 0 aliphatic carbocycles. The van der Waals surface area contributed by atoms with E-state index in [9.17, 15) is 19.8 Å². The molecule has 9 heteroatoms. The first-order chi connectivity index (χ1) is 10.1. The van der Waals surface area contributed by atoms with Crippen molar-refractivity contribution in [3.05, 3.63) is 29.0 Å². The average molecular weight is 567 g/mol. The highest BCUT2D eigenvalue weighted by molar-refractivity contribution is 9.15. The highest BCUT2D eigenvalue weighted by Gasteiger charge is 2.29. The highest BCUT2D eigenvalue weighted by Crippen LogP contribution is 2.42. The molecule has 1 amide bonds. The van der Waals surface area contributed by atoms with E-state index in [2.05, 4.69) is 69.0 Å². The lowest BCUT2D eigenvalue weighted by Crippen LogP contribution is -2.42. The number of amides is 1. The molecule has 0 radical (unpaired) electrons. The zero-order valence-corrected chi connectivity index (χ0v) is 17.9. The van der Waals surface area contributed by atoms with Crippen LogP contribution in [0.4, 0.5) is 0 Å². The topological polar surface area (TPSA) is 86.6 Å². The Morgan fingerprint density at radius 2 is 1.50 bits per heavy atom. The monoisotopic (exact) mass is 563 g/mol. The summed E-state index contributed by atoms with van der Waals surface area (Å²) in [7, 11) is 0. The Balaban J connectivity index is 3.46. The van der Waals surface area contributed by atoms with E-state index in [1.165, 1.54) is 0 Å². The maximum absolute atomic E-state index is 12.5. The second-order valence-electron chi connectivity index (χ2n) is 4.54. The van der Waals surface area contributed by atoms with Gasteiger partial charge in [0.2, 0.25) is 0 Å². The predicted octanol–water partition coefficient (Wildman–Crippen LogP) is 4.32. The SMILES string of the molecule is CCC(NC(=O)c1c(Br)c(Br)c(Br)c(Br)c1C(=O)O)[C@@H](C)O. The lowest BCUT2D eigenvalue weighted by Gasteiger charge is -2.21. The molecule has 0 aliphatic heterocycles. The number of rotatable bonds is 5. The van der Waals surface area contributed by atoms with Gasteiger partial charge in [0, 0.05) is 17.9 Å². The van der Waals surface area contributed by atoms with Crippen LogP contribution in [0.2, 0.25) is 0 Å². The number of carbonyl (C=O) groups is 2. The van der Waals surface area contributed by atoms with Crippen LogP contribution in [-0.4, -0.2) is 34.2 Å². The molecular formula is C13H13Br4NO4. The number of carboxylic acid groups (broad SMARTS) is 1. The number of nitrogens with one attached hydrogen (secondary N) is 1. The van der Waals surface area contributed by atoms with Gasteiger partial charge >= 0.3 is 5.97 Å². The van der Waals surface area contributed by atoms with E-state index >= 15 is 0 Å². The smallest absolute Gasteiger partial charge is 0.337 e. The third-order valence-electron chi connectivity index (χ3n) is 3.05. The summed E-state index contributed by atoms with van der Waals surface area (Å²) in [6, 6.07) is -0.470. The minimum atomic E-state index is -1.24. The van der Waals surface area contributed by atoms with Gasteiger partial charge in [-0.1, -0.05) is 6.92 Å². The minimum absolute atomic E-state index is 0.0199. The Labute approximate surface area is 161 Å². The normalized spacial score (nSPS) is 13.6. The van der Waals surface area contributed by atoms with Gasteiger partial charge in [0.25, 0.3) is 5.91 Å². The summed E-state index contributed by atoms with van der Waals surface area (Å²) in [5.41, 5.74) is -0.187. The second kappa shape index (κ2) is 8.23. The van der Waals surface area contributed by atoms with E-state index in [4.69, 9.17) is 0 Å². The van der Waals surface area contributed by atoms with Crippen LogP contribution < -0.4 is 5.32 Å². The van der Waals surface area contributed by atoms with Crippen LogP contribution in [0.15, 0.2) is 17.9 Å². The number of benzene rings is 1. The van der Waals surface area contributed by atoms with Gasteiger partial charge in [-0.3, -0.25) is 4.79 Å². The molecule has 3 N–H and O–H groups in total. The molecule has 0 heterocycles. The van der Waals surface area contributed by atoms with E-state index in [0.29, 0.717) is 19.8 Å². The number of carboxylic acids is 1. The van der Waals surface area contributed by atoms with Crippen molar-refractivity contribution in [2.75, 3.05) is 0 Å². The summed E-state index contributed by atoms with van der Waals surface area (Å²) in [5.74, 6) is -1.82. The van der Waals surface area contributed by atoms with E-state index in [1.54, 1.807) is 6.92 Å².